The standard InChI is InChI=1S/C25H24N2O4S/c1-30-20-12-15-9-10-27-23(19(15)13-21(20)31-2)22(17-7-3-4-8-18(17)25(27)29)24(28)26-14-16-6-5-11-32-16/h3-8,11-13,22-23H,9-10,14H2,1-2H3,(H,26,28)/t22-,23+/m1/s1. The Labute approximate surface area is 190 Å². The maximum Gasteiger partial charge on any atom is 0.254 e. The van der Waals surface area contributed by atoms with E-state index in [-0.39, 0.29) is 11.8 Å². The van der Waals surface area contributed by atoms with Crippen LogP contribution >= 0.6 is 11.3 Å². The van der Waals surface area contributed by atoms with E-state index in [1.807, 2.05) is 58.8 Å². The van der Waals surface area contributed by atoms with Gasteiger partial charge < -0.3 is 19.7 Å². The molecule has 0 aliphatic carbocycles. The van der Waals surface area contributed by atoms with Crippen LogP contribution in [0.5, 0.6) is 11.5 Å². The lowest BCUT2D eigenvalue weighted by Crippen LogP contribution is -2.50. The van der Waals surface area contributed by atoms with Crippen molar-refractivity contribution in [1.29, 1.82) is 0 Å². The summed E-state index contributed by atoms with van der Waals surface area (Å²) in [6, 6.07) is 14.9. The molecule has 0 saturated carbocycles. The van der Waals surface area contributed by atoms with Gasteiger partial charge >= 0.3 is 0 Å². The summed E-state index contributed by atoms with van der Waals surface area (Å²) in [5.74, 6) is 0.614. The Morgan fingerprint density at radius 1 is 1.09 bits per heavy atom. The summed E-state index contributed by atoms with van der Waals surface area (Å²) in [5, 5.41) is 5.10. The first-order valence-electron chi connectivity index (χ1n) is 10.6. The van der Waals surface area contributed by atoms with Crippen LogP contribution in [0.4, 0.5) is 0 Å². The minimum atomic E-state index is -0.513. The molecule has 0 spiro atoms. The zero-order valence-electron chi connectivity index (χ0n) is 18.0. The van der Waals surface area contributed by atoms with E-state index in [1.165, 1.54) is 0 Å². The Bertz CT molecular complexity index is 1170. The van der Waals surface area contributed by atoms with Crippen LogP contribution in [0.3, 0.4) is 0 Å². The van der Waals surface area contributed by atoms with Gasteiger partial charge in [0.1, 0.15) is 0 Å². The van der Waals surface area contributed by atoms with E-state index in [4.69, 9.17) is 9.47 Å². The number of hydrogen-bond donors (Lipinski definition) is 1. The molecule has 7 heteroatoms. The number of fused-ring (bicyclic) bond motifs is 4. The van der Waals surface area contributed by atoms with E-state index in [1.54, 1.807) is 25.6 Å². The number of nitrogens with one attached hydrogen (secondary N) is 1. The third-order valence-electron chi connectivity index (χ3n) is 6.32. The maximum atomic E-state index is 13.6. The molecular weight excluding hydrogens is 424 g/mol. The second kappa shape index (κ2) is 8.31. The molecular formula is C25H24N2O4S. The minimum absolute atomic E-state index is 0.0339. The van der Waals surface area contributed by atoms with E-state index in [0.717, 1.165) is 21.6 Å². The molecule has 3 aromatic rings. The molecule has 0 bridgehead atoms. The molecule has 2 aliphatic rings. The number of hydrogen-bond acceptors (Lipinski definition) is 5. The van der Waals surface area contributed by atoms with Crippen molar-refractivity contribution in [3.8, 4) is 11.5 Å². The molecule has 0 unspecified atom stereocenters. The Kier molecular flexibility index (Phi) is 5.35. The van der Waals surface area contributed by atoms with Gasteiger partial charge in [-0.1, -0.05) is 24.3 Å². The van der Waals surface area contributed by atoms with Gasteiger partial charge in [-0.3, -0.25) is 9.59 Å². The van der Waals surface area contributed by atoms with E-state index < -0.39 is 12.0 Å². The number of rotatable bonds is 5. The molecule has 3 heterocycles. The van der Waals surface area contributed by atoms with Gasteiger partial charge in [-0.2, -0.15) is 0 Å². The first kappa shape index (κ1) is 20.6. The maximum absolute atomic E-state index is 13.6. The summed E-state index contributed by atoms with van der Waals surface area (Å²) in [7, 11) is 3.21. The molecule has 1 aromatic heterocycles. The first-order chi connectivity index (χ1) is 15.6. The second-order valence-corrected chi connectivity index (χ2v) is 8.99. The van der Waals surface area contributed by atoms with Crippen molar-refractivity contribution in [2.45, 2.75) is 24.9 Å². The molecule has 2 aromatic carbocycles. The van der Waals surface area contributed by atoms with Crippen LogP contribution in [-0.2, 0) is 17.8 Å². The van der Waals surface area contributed by atoms with Crippen molar-refractivity contribution < 1.29 is 19.1 Å². The van der Waals surface area contributed by atoms with Gasteiger partial charge in [0.05, 0.1) is 32.7 Å². The van der Waals surface area contributed by atoms with Crippen LogP contribution in [-0.4, -0.2) is 37.5 Å². The van der Waals surface area contributed by atoms with Crippen molar-refractivity contribution in [3.05, 3.63) is 81.0 Å². The quantitative estimate of drug-likeness (QED) is 0.643. The van der Waals surface area contributed by atoms with Crippen molar-refractivity contribution in [3.63, 3.8) is 0 Å². The number of carbonyl (C=O) groups excluding carboxylic acids is 2. The van der Waals surface area contributed by atoms with Gasteiger partial charge in [0.15, 0.2) is 11.5 Å². The topological polar surface area (TPSA) is 67.9 Å². The normalized spacial score (nSPS) is 18.9. The summed E-state index contributed by atoms with van der Waals surface area (Å²) < 4.78 is 11.0. The van der Waals surface area contributed by atoms with Crippen LogP contribution in [0.15, 0.2) is 53.9 Å². The van der Waals surface area contributed by atoms with E-state index in [2.05, 4.69) is 5.32 Å². The number of amides is 2. The Hall–Kier alpha value is -3.32. The van der Waals surface area contributed by atoms with Crippen LogP contribution in [0.25, 0.3) is 0 Å². The summed E-state index contributed by atoms with van der Waals surface area (Å²) in [6.45, 7) is 1.02. The lowest BCUT2D eigenvalue weighted by molar-refractivity contribution is -0.124. The highest BCUT2D eigenvalue weighted by molar-refractivity contribution is 7.09. The molecule has 2 aliphatic heterocycles. The summed E-state index contributed by atoms with van der Waals surface area (Å²) in [5.41, 5.74) is 3.38. The van der Waals surface area contributed by atoms with Gasteiger partial charge in [0.25, 0.3) is 5.91 Å². The first-order valence-corrected chi connectivity index (χ1v) is 11.4. The molecule has 2 atom stereocenters. The number of thiophene rings is 1. The summed E-state index contributed by atoms with van der Waals surface area (Å²) in [6.07, 6.45) is 0.698. The van der Waals surface area contributed by atoms with Gasteiger partial charge in [-0.05, 0) is 52.8 Å². The number of benzene rings is 2. The largest absolute Gasteiger partial charge is 0.493 e. The lowest BCUT2D eigenvalue weighted by Gasteiger charge is -2.45. The predicted octanol–water partition coefficient (Wildman–Crippen LogP) is 3.92. The number of nitrogens with zero attached hydrogens (tertiary/aromatic N) is 1. The van der Waals surface area contributed by atoms with Crippen LogP contribution in [0.1, 0.15) is 43.9 Å². The Balaban J connectivity index is 1.61. The third kappa shape index (κ3) is 3.33. The highest BCUT2D eigenvalue weighted by Gasteiger charge is 2.46. The van der Waals surface area contributed by atoms with Crippen molar-refractivity contribution in [2.75, 3.05) is 20.8 Å². The lowest BCUT2D eigenvalue weighted by atomic mass is 9.75. The molecule has 0 radical (unpaired) electrons. The molecule has 32 heavy (non-hydrogen) atoms. The van der Waals surface area contributed by atoms with Crippen molar-refractivity contribution in [2.24, 2.45) is 0 Å². The number of methoxy groups -OCH3 is 2. The fourth-order valence-electron chi connectivity index (χ4n) is 4.83. The van der Waals surface area contributed by atoms with Gasteiger partial charge in [-0.15, -0.1) is 11.3 Å². The minimum Gasteiger partial charge on any atom is -0.493 e. The van der Waals surface area contributed by atoms with Crippen molar-refractivity contribution in [1.82, 2.24) is 10.2 Å². The van der Waals surface area contributed by atoms with Gasteiger partial charge in [-0.25, -0.2) is 0 Å². The molecule has 5 rings (SSSR count). The monoisotopic (exact) mass is 448 g/mol. The van der Waals surface area contributed by atoms with Gasteiger partial charge in [0, 0.05) is 17.0 Å². The van der Waals surface area contributed by atoms with E-state index in [0.29, 0.717) is 36.6 Å². The highest BCUT2D eigenvalue weighted by Crippen LogP contribution is 2.48. The van der Waals surface area contributed by atoms with Crippen molar-refractivity contribution >= 4 is 23.2 Å². The molecule has 1 N–H and O–H groups in total. The fourth-order valence-corrected chi connectivity index (χ4v) is 5.48. The van der Waals surface area contributed by atoms with Crippen LogP contribution in [0.2, 0.25) is 0 Å². The summed E-state index contributed by atoms with van der Waals surface area (Å²) in [4.78, 5) is 29.9. The average molecular weight is 449 g/mol. The number of carbonyl (C=O) groups is 2. The SMILES string of the molecule is COc1cc2c(cc1OC)[C@H]1[C@H](C(=O)NCc3cccs3)c3ccccc3C(=O)N1CC2. The van der Waals surface area contributed by atoms with E-state index in [9.17, 15) is 9.59 Å². The van der Waals surface area contributed by atoms with Crippen LogP contribution in [0, 0.1) is 0 Å². The molecule has 2 amide bonds. The highest BCUT2D eigenvalue weighted by atomic mass is 32.1. The molecule has 0 saturated heterocycles. The second-order valence-electron chi connectivity index (χ2n) is 7.96. The molecule has 6 nitrogen and oxygen atoms in total. The van der Waals surface area contributed by atoms with Crippen LogP contribution < -0.4 is 14.8 Å². The predicted molar refractivity (Wildman–Crippen MR) is 122 cm³/mol. The molecule has 164 valence electrons. The summed E-state index contributed by atoms with van der Waals surface area (Å²) >= 11 is 1.61. The zero-order valence-corrected chi connectivity index (χ0v) is 18.8. The fraction of sp³-hybridized carbons (Fsp3) is 0.280. The van der Waals surface area contributed by atoms with Gasteiger partial charge in [0.2, 0.25) is 5.91 Å². The molecule has 0 fully saturated rings. The average Bonchev–Trinajstić information content (AvgIpc) is 3.35. The number of ether oxygens (including phenoxy) is 2. The Morgan fingerprint density at radius 3 is 2.62 bits per heavy atom. The third-order valence-corrected chi connectivity index (χ3v) is 7.20. The smallest absolute Gasteiger partial charge is 0.254 e. The zero-order chi connectivity index (χ0) is 22.2. The Morgan fingerprint density at radius 2 is 1.88 bits per heavy atom. The van der Waals surface area contributed by atoms with E-state index >= 15 is 0 Å².